The van der Waals surface area contributed by atoms with E-state index in [9.17, 15) is 4.79 Å². The maximum absolute atomic E-state index is 11.8. The zero-order valence-corrected chi connectivity index (χ0v) is 13.5. The molecule has 0 saturated heterocycles. The number of hydrogen-bond acceptors (Lipinski definition) is 6. The van der Waals surface area contributed by atoms with Gasteiger partial charge < -0.3 is 5.32 Å². The molecule has 6 nitrogen and oxygen atoms in total. The molecule has 0 spiro atoms. The van der Waals surface area contributed by atoms with Crippen LogP contribution in [0.4, 0.5) is 5.13 Å². The smallest absolute Gasteiger partial charge is 0.266 e. The van der Waals surface area contributed by atoms with Gasteiger partial charge in [0.2, 0.25) is 5.13 Å². The van der Waals surface area contributed by atoms with E-state index >= 15 is 0 Å². The van der Waals surface area contributed by atoms with Gasteiger partial charge >= 0.3 is 0 Å². The summed E-state index contributed by atoms with van der Waals surface area (Å²) >= 11 is 1.46. The van der Waals surface area contributed by atoms with Crippen molar-refractivity contribution < 1.29 is 0 Å². The zero-order chi connectivity index (χ0) is 15.2. The second-order valence-corrected chi connectivity index (χ2v) is 6.30. The third kappa shape index (κ3) is 4.35. The average molecular weight is 307 g/mol. The van der Waals surface area contributed by atoms with Crippen molar-refractivity contribution in [2.45, 2.75) is 40.2 Å². The molecule has 0 atom stereocenters. The van der Waals surface area contributed by atoms with E-state index in [4.69, 9.17) is 0 Å². The summed E-state index contributed by atoms with van der Waals surface area (Å²) in [6.45, 7) is 7.76. The Labute approximate surface area is 128 Å². The molecule has 0 amide bonds. The topological polar surface area (TPSA) is 72.7 Å². The largest absolute Gasteiger partial charge is 0.360 e. The Kier molecular flexibility index (Phi) is 5.44. The van der Waals surface area contributed by atoms with Crippen LogP contribution in [0.1, 0.15) is 33.6 Å². The van der Waals surface area contributed by atoms with Crippen molar-refractivity contribution in [2.24, 2.45) is 5.92 Å². The molecule has 7 heteroatoms. The first-order chi connectivity index (χ1) is 10.1. The molecule has 0 bridgehead atoms. The fourth-order valence-corrected chi connectivity index (χ4v) is 2.54. The Morgan fingerprint density at radius 1 is 1.33 bits per heavy atom. The van der Waals surface area contributed by atoms with Gasteiger partial charge in [-0.2, -0.15) is 5.10 Å². The highest BCUT2D eigenvalue weighted by Crippen LogP contribution is 2.23. The zero-order valence-electron chi connectivity index (χ0n) is 12.7. The highest BCUT2D eigenvalue weighted by atomic mass is 32.1. The highest BCUT2D eigenvalue weighted by Gasteiger charge is 2.10. The molecule has 21 heavy (non-hydrogen) atoms. The van der Waals surface area contributed by atoms with Crippen LogP contribution in [0.5, 0.6) is 0 Å². The van der Waals surface area contributed by atoms with Crippen LogP contribution in [0.15, 0.2) is 16.9 Å². The van der Waals surface area contributed by atoms with E-state index in [0.717, 1.165) is 29.5 Å². The van der Waals surface area contributed by atoms with Crippen LogP contribution in [-0.2, 0) is 6.54 Å². The number of hydrogen-bond donors (Lipinski definition) is 1. The van der Waals surface area contributed by atoms with Crippen LogP contribution in [-0.4, -0.2) is 26.5 Å². The molecular weight excluding hydrogens is 286 g/mol. The summed E-state index contributed by atoms with van der Waals surface area (Å²) in [4.78, 5) is 11.8. The van der Waals surface area contributed by atoms with Gasteiger partial charge in [0.15, 0.2) is 5.01 Å². The predicted molar refractivity (Wildman–Crippen MR) is 85.6 cm³/mol. The van der Waals surface area contributed by atoms with Crippen LogP contribution in [0.3, 0.4) is 0 Å². The van der Waals surface area contributed by atoms with Gasteiger partial charge in [-0.3, -0.25) is 4.79 Å². The van der Waals surface area contributed by atoms with Crippen LogP contribution >= 0.6 is 11.3 Å². The first-order valence-electron chi connectivity index (χ1n) is 7.26. The van der Waals surface area contributed by atoms with Gasteiger partial charge in [0.05, 0.1) is 0 Å². The van der Waals surface area contributed by atoms with Crippen molar-refractivity contribution in [1.82, 2.24) is 20.0 Å². The lowest BCUT2D eigenvalue weighted by Crippen LogP contribution is -2.24. The molecular formula is C14H21N5OS. The summed E-state index contributed by atoms with van der Waals surface area (Å²) in [6.07, 6.45) is 2.24. The number of nitrogens with one attached hydrogen (secondary N) is 1. The van der Waals surface area contributed by atoms with Crippen molar-refractivity contribution in [3.63, 3.8) is 0 Å². The summed E-state index contributed by atoms with van der Waals surface area (Å²) in [6, 6.07) is 3.24. The van der Waals surface area contributed by atoms with Crippen molar-refractivity contribution >= 4 is 16.5 Å². The third-order valence-electron chi connectivity index (χ3n) is 2.86. The summed E-state index contributed by atoms with van der Waals surface area (Å²) in [5.74, 6) is 0.367. The van der Waals surface area contributed by atoms with Crippen molar-refractivity contribution in [3.05, 3.63) is 22.5 Å². The molecule has 0 aliphatic carbocycles. The quantitative estimate of drug-likeness (QED) is 0.796. The number of unbranched alkanes of at least 4 members (excludes halogenated alkanes) is 1. The molecule has 0 radical (unpaired) electrons. The van der Waals surface area contributed by atoms with Crippen molar-refractivity contribution in [1.29, 1.82) is 0 Å². The van der Waals surface area contributed by atoms with Crippen LogP contribution in [0, 0.1) is 5.92 Å². The molecule has 0 fully saturated rings. The summed E-state index contributed by atoms with van der Waals surface area (Å²) in [7, 11) is 0. The lowest BCUT2D eigenvalue weighted by molar-refractivity contribution is 0.465. The molecule has 0 aliphatic rings. The Balaban J connectivity index is 2.16. The minimum atomic E-state index is -0.0849. The van der Waals surface area contributed by atoms with E-state index in [0.29, 0.717) is 18.2 Å². The second-order valence-electron chi connectivity index (χ2n) is 5.33. The maximum Gasteiger partial charge on any atom is 0.266 e. The molecule has 2 heterocycles. The van der Waals surface area contributed by atoms with Crippen molar-refractivity contribution in [3.8, 4) is 10.7 Å². The third-order valence-corrected chi connectivity index (χ3v) is 3.76. The first-order valence-corrected chi connectivity index (χ1v) is 8.07. The average Bonchev–Trinajstić information content (AvgIpc) is 2.90. The van der Waals surface area contributed by atoms with Gasteiger partial charge in [-0.25, -0.2) is 4.68 Å². The summed E-state index contributed by atoms with van der Waals surface area (Å²) < 4.78 is 1.49. The minimum Gasteiger partial charge on any atom is -0.360 e. The van der Waals surface area contributed by atoms with Gasteiger partial charge in [-0.1, -0.05) is 38.5 Å². The van der Waals surface area contributed by atoms with E-state index in [1.165, 1.54) is 22.1 Å². The Bertz CT molecular complexity index is 634. The molecule has 0 saturated carbocycles. The van der Waals surface area contributed by atoms with E-state index in [1.807, 2.05) is 0 Å². The van der Waals surface area contributed by atoms with Gasteiger partial charge in [0.1, 0.15) is 5.69 Å². The number of anilines is 1. The van der Waals surface area contributed by atoms with Gasteiger partial charge in [-0.05, 0) is 18.4 Å². The molecule has 114 valence electrons. The number of nitrogens with zero attached hydrogens (tertiary/aromatic N) is 4. The highest BCUT2D eigenvalue weighted by molar-refractivity contribution is 7.18. The molecule has 1 N–H and O–H groups in total. The molecule has 0 aliphatic heterocycles. The Hall–Kier alpha value is -1.76. The molecule has 0 unspecified atom stereocenters. The maximum atomic E-state index is 11.8. The van der Waals surface area contributed by atoms with Gasteiger partial charge in [0.25, 0.3) is 5.56 Å². The van der Waals surface area contributed by atoms with E-state index in [1.54, 1.807) is 6.07 Å². The molecule has 2 aromatic heterocycles. The Morgan fingerprint density at radius 2 is 2.14 bits per heavy atom. The fraction of sp³-hybridized carbons (Fsp3) is 0.571. The summed E-state index contributed by atoms with van der Waals surface area (Å²) in [5, 5.41) is 17.4. The predicted octanol–water partition coefficient (Wildman–Crippen LogP) is 2.63. The Morgan fingerprint density at radius 3 is 2.86 bits per heavy atom. The lowest BCUT2D eigenvalue weighted by atomic mass is 10.2. The number of aromatic nitrogens is 4. The number of rotatable bonds is 7. The second kappa shape index (κ2) is 7.31. The monoisotopic (exact) mass is 307 g/mol. The minimum absolute atomic E-state index is 0.0849. The standard InChI is InChI=1S/C14H21N5OS/c1-4-5-8-15-14-17-16-13(21-14)11-6-7-12(20)19(18-11)9-10(2)3/h6-7,10H,4-5,8-9H2,1-3H3,(H,15,17). The molecule has 0 aromatic carbocycles. The molecule has 2 rings (SSSR count). The van der Waals surface area contributed by atoms with E-state index in [-0.39, 0.29) is 5.56 Å². The first kappa shape index (κ1) is 15.6. The van der Waals surface area contributed by atoms with E-state index in [2.05, 4.69) is 41.4 Å². The van der Waals surface area contributed by atoms with Crippen LogP contribution in [0.25, 0.3) is 10.7 Å². The summed E-state index contributed by atoms with van der Waals surface area (Å²) in [5.41, 5.74) is 0.606. The van der Waals surface area contributed by atoms with Gasteiger partial charge in [-0.15, -0.1) is 10.2 Å². The lowest BCUT2D eigenvalue weighted by Gasteiger charge is -2.07. The van der Waals surface area contributed by atoms with Crippen LogP contribution in [0.2, 0.25) is 0 Å². The fourth-order valence-electron chi connectivity index (χ4n) is 1.81. The normalized spacial score (nSPS) is 11.0. The van der Waals surface area contributed by atoms with Gasteiger partial charge in [0, 0.05) is 19.2 Å². The van der Waals surface area contributed by atoms with E-state index < -0.39 is 0 Å². The van der Waals surface area contributed by atoms with Crippen molar-refractivity contribution in [2.75, 3.05) is 11.9 Å². The molecule has 2 aromatic rings. The van der Waals surface area contributed by atoms with Crippen LogP contribution < -0.4 is 10.9 Å². The SMILES string of the molecule is CCCCNc1nnc(-c2ccc(=O)n(CC(C)C)n2)s1.